The van der Waals surface area contributed by atoms with Crippen LogP contribution in [-0.4, -0.2) is 21.7 Å². The minimum atomic E-state index is -0.895. The molecule has 2 rings (SSSR count). The number of fused-ring (bicyclic) bond motifs is 1. The first-order chi connectivity index (χ1) is 10.5. The first kappa shape index (κ1) is 16.8. The van der Waals surface area contributed by atoms with Gasteiger partial charge >= 0.3 is 0 Å². The molecule has 122 valence electrons. The van der Waals surface area contributed by atoms with E-state index in [2.05, 4.69) is 5.32 Å². The molecule has 1 aliphatic carbocycles. The summed E-state index contributed by atoms with van der Waals surface area (Å²) in [5, 5.41) is 23.5. The number of nitrogens with one attached hydrogen (secondary N) is 1. The van der Waals surface area contributed by atoms with E-state index in [1.807, 2.05) is 26.0 Å². The summed E-state index contributed by atoms with van der Waals surface area (Å²) in [6.45, 7) is 4.04. The van der Waals surface area contributed by atoms with E-state index in [9.17, 15) is 15.0 Å². The van der Waals surface area contributed by atoms with Crippen molar-refractivity contribution in [2.75, 3.05) is 0 Å². The second kappa shape index (κ2) is 7.14. The monoisotopic (exact) mass is 305 g/mol. The van der Waals surface area contributed by atoms with E-state index in [1.54, 1.807) is 6.07 Å². The minimum absolute atomic E-state index is 0.0536. The standard InChI is InChI=1S/C18H27NO3/c1-3-10-18(22,11-4-2)12-17(21)19-15-9-8-14-13(15)6-5-7-16(14)20/h5-7,15,20,22H,3-4,8-12H2,1-2H3,(H,19,21). The predicted molar refractivity (Wildman–Crippen MR) is 86.7 cm³/mol. The molecular formula is C18H27NO3. The summed E-state index contributed by atoms with van der Waals surface area (Å²) in [5.41, 5.74) is 1.04. The highest BCUT2D eigenvalue weighted by Crippen LogP contribution is 2.36. The van der Waals surface area contributed by atoms with Crippen LogP contribution in [0.25, 0.3) is 0 Å². The summed E-state index contributed by atoms with van der Waals surface area (Å²) < 4.78 is 0. The van der Waals surface area contributed by atoms with Crippen molar-refractivity contribution >= 4 is 5.91 Å². The molecule has 22 heavy (non-hydrogen) atoms. The summed E-state index contributed by atoms with van der Waals surface area (Å²) in [6.07, 6.45) is 4.76. The van der Waals surface area contributed by atoms with Crippen LogP contribution in [0.15, 0.2) is 18.2 Å². The molecule has 0 spiro atoms. The van der Waals surface area contributed by atoms with Crippen molar-refractivity contribution in [1.82, 2.24) is 5.32 Å². The van der Waals surface area contributed by atoms with Crippen molar-refractivity contribution < 1.29 is 15.0 Å². The van der Waals surface area contributed by atoms with Gasteiger partial charge in [-0.05, 0) is 42.9 Å². The molecule has 0 radical (unpaired) electrons. The van der Waals surface area contributed by atoms with Crippen LogP contribution < -0.4 is 5.32 Å². The molecule has 4 nitrogen and oxygen atoms in total. The second-order valence-corrected chi connectivity index (χ2v) is 6.40. The van der Waals surface area contributed by atoms with Gasteiger partial charge in [-0.3, -0.25) is 4.79 Å². The van der Waals surface area contributed by atoms with Crippen LogP contribution in [-0.2, 0) is 11.2 Å². The van der Waals surface area contributed by atoms with Crippen LogP contribution in [0.1, 0.15) is 69.5 Å². The highest BCUT2D eigenvalue weighted by molar-refractivity contribution is 5.77. The van der Waals surface area contributed by atoms with Crippen LogP contribution in [0.5, 0.6) is 5.75 Å². The highest BCUT2D eigenvalue weighted by Gasteiger charge is 2.31. The van der Waals surface area contributed by atoms with Gasteiger partial charge in [0.05, 0.1) is 18.1 Å². The molecule has 1 amide bonds. The number of aliphatic hydroxyl groups is 1. The van der Waals surface area contributed by atoms with Gasteiger partial charge in [0.15, 0.2) is 0 Å². The predicted octanol–water partition coefficient (Wildman–Crippen LogP) is 3.22. The molecule has 0 fully saturated rings. The molecule has 0 saturated heterocycles. The molecule has 0 aliphatic heterocycles. The number of phenolic OH excluding ortho intramolecular Hbond substituents is 1. The molecule has 1 aromatic carbocycles. The van der Waals surface area contributed by atoms with E-state index >= 15 is 0 Å². The third-order valence-corrected chi connectivity index (χ3v) is 4.50. The van der Waals surface area contributed by atoms with Crippen LogP contribution in [0, 0.1) is 0 Å². The maximum atomic E-state index is 12.3. The molecule has 1 aromatic rings. The lowest BCUT2D eigenvalue weighted by atomic mass is 9.89. The maximum Gasteiger partial charge on any atom is 0.223 e. The number of hydrogen-bond acceptors (Lipinski definition) is 3. The fourth-order valence-electron chi connectivity index (χ4n) is 3.56. The first-order valence-electron chi connectivity index (χ1n) is 8.31. The van der Waals surface area contributed by atoms with Crippen molar-refractivity contribution in [3.63, 3.8) is 0 Å². The van der Waals surface area contributed by atoms with Gasteiger partial charge in [0.2, 0.25) is 5.91 Å². The van der Waals surface area contributed by atoms with Crippen LogP contribution in [0.2, 0.25) is 0 Å². The minimum Gasteiger partial charge on any atom is -0.508 e. The number of carbonyl (C=O) groups excluding carboxylic acids is 1. The van der Waals surface area contributed by atoms with Crippen LogP contribution in [0.3, 0.4) is 0 Å². The molecule has 1 aliphatic rings. The number of phenols is 1. The first-order valence-corrected chi connectivity index (χ1v) is 8.31. The zero-order valence-electron chi connectivity index (χ0n) is 13.6. The molecule has 1 atom stereocenters. The molecule has 0 bridgehead atoms. The Bertz CT molecular complexity index is 521. The van der Waals surface area contributed by atoms with Gasteiger partial charge in [0, 0.05) is 0 Å². The van der Waals surface area contributed by atoms with E-state index in [0.717, 1.165) is 36.8 Å². The summed E-state index contributed by atoms with van der Waals surface area (Å²) in [5.74, 6) is 0.202. The fourth-order valence-corrected chi connectivity index (χ4v) is 3.56. The summed E-state index contributed by atoms with van der Waals surface area (Å²) in [4.78, 5) is 12.3. The van der Waals surface area contributed by atoms with Gasteiger partial charge in [-0.1, -0.05) is 38.8 Å². The Labute approximate surface area is 132 Å². The number of aromatic hydroxyl groups is 1. The maximum absolute atomic E-state index is 12.3. The van der Waals surface area contributed by atoms with Crippen molar-refractivity contribution in [3.05, 3.63) is 29.3 Å². The molecule has 0 aromatic heterocycles. The molecular weight excluding hydrogens is 278 g/mol. The quantitative estimate of drug-likeness (QED) is 0.724. The molecule has 4 heteroatoms. The van der Waals surface area contributed by atoms with Gasteiger partial charge in [0.1, 0.15) is 5.75 Å². The van der Waals surface area contributed by atoms with Crippen molar-refractivity contribution in [3.8, 4) is 5.75 Å². The Morgan fingerprint density at radius 3 is 2.64 bits per heavy atom. The molecule has 0 saturated carbocycles. The third-order valence-electron chi connectivity index (χ3n) is 4.50. The summed E-state index contributed by atoms with van der Waals surface area (Å²) >= 11 is 0. The summed E-state index contributed by atoms with van der Waals surface area (Å²) in [7, 11) is 0. The lowest BCUT2D eigenvalue weighted by Crippen LogP contribution is -2.37. The van der Waals surface area contributed by atoms with Gasteiger partial charge < -0.3 is 15.5 Å². The Morgan fingerprint density at radius 1 is 1.32 bits per heavy atom. The topological polar surface area (TPSA) is 69.6 Å². The number of rotatable bonds is 7. The van der Waals surface area contributed by atoms with Crippen LogP contribution >= 0.6 is 0 Å². The zero-order valence-corrected chi connectivity index (χ0v) is 13.6. The molecule has 1 unspecified atom stereocenters. The largest absolute Gasteiger partial charge is 0.508 e. The van der Waals surface area contributed by atoms with Crippen molar-refractivity contribution in [1.29, 1.82) is 0 Å². The Hall–Kier alpha value is -1.55. The lowest BCUT2D eigenvalue weighted by molar-refractivity contribution is -0.127. The summed E-state index contributed by atoms with van der Waals surface area (Å²) in [6, 6.07) is 5.40. The number of carbonyl (C=O) groups is 1. The number of benzene rings is 1. The third kappa shape index (κ3) is 3.80. The van der Waals surface area contributed by atoms with Gasteiger partial charge in [-0.25, -0.2) is 0 Å². The number of hydrogen-bond donors (Lipinski definition) is 3. The Balaban J connectivity index is 2.00. The second-order valence-electron chi connectivity index (χ2n) is 6.40. The van der Waals surface area contributed by atoms with Gasteiger partial charge in [-0.2, -0.15) is 0 Å². The lowest BCUT2D eigenvalue weighted by Gasteiger charge is -2.27. The van der Waals surface area contributed by atoms with Crippen molar-refractivity contribution in [2.45, 2.75) is 70.4 Å². The smallest absolute Gasteiger partial charge is 0.223 e. The van der Waals surface area contributed by atoms with E-state index in [4.69, 9.17) is 0 Å². The van der Waals surface area contributed by atoms with E-state index in [0.29, 0.717) is 18.6 Å². The molecule has 3 N–H and O–H groups in total. The van der Waals surface area contributed by atoms with Crippen molar-refractivity contribution in [2.24, 2.45) is 0 Å². The zero-order chi connectivity index (χ0) is 16.2. The normalized spacial score (nSPS) is 17.3. The Morgan fingerprint density at radius 2 is 2.00 bits per heavy atom. The van der Waals surface area contributed by atoms with Crippen LogP contribution in [0.4, 0.5) is 0 Å². The fraction of sp³-hybridized carbons (Fsp3) is 0.611. The Kier molecular flexibility index (Phi) is 5.46. The average Bonchev–Trinajstić information content (AvgIpc) is 2.83. The highest BCUT2D eigenvalue weighted by atomic mass is 16.3. The molecule has 0 heterocycles. The SMILES string of the molecule is CCCC(O)(CCC)CC(=O)NC1CCc2c(O)cccc21. The van der Waals surface area contributed by atoms with E-state index < -0.39 is 5.60 Å². The average molecular weight is 305 g/mol. The van der Waals surface area contributed by atoms with E-state index in [-0.39, 0.29) is 18.4 Å². The van der Waals surface area contributed by atoms with E-state index in [1.165, 1.54) is 0 Å². The van der Waals surface area contributed by atoms with Gasteiger partial charge in [0.25, 0.3) is 0 Å². The van der Waals surface area contributed by atoms with Gasteiger partial charge in [-0.15, -0.1) is 0 Å². The number of amides is 1.